The van der Waals surface area contributed by atoms with Crippen LogP contribution in [0.15, 0.2) is 47.8 Å². The Balaban J connectivity index is 1.71. The third kappa shape index (κ3) is 3.95. The molecular weight excluding hydrogens is 328 g/mol. The van der Waals surface area contributed by atoms with Gasteiger partial charge < -0.3 is 5.32 Å². The molecule has 8 heteroatoms. The summed E-state index contributed by atoms with van der Waals surface area (Å²) in [5, 5.41) is 2.86. The van der Waals surface area contributed by atoms with E-state index in [4.69, 9.17) is 0 Å². The number of hydrogen-bond donors (Lipinski definition) is 2. The summed E-state index contributed by atoms with van der Waals surface area (Å²) in [4.78, 5) is 19.9. The molecule has 1 amide bonds. The molecule has 7 nitrogen and oxygen atoms in total. The predicted molar refractivity (Wildman–Crippen MR) is 87.7 cm³/mol. The van der Waals surface area contributed by atoms with Gasteiger partial charge in [-0.05, 0) is 50.1 Å². The third-order valence-electron chi connectivity index (χ3n) is 3.72. The molecular formula is C16H18N4O3S. The molecule has 0 unspecified atom stereocenters. The lowest BCUT2D eigenvalue weighted by molar-refractivity contribution is 0.0951. The van der Waals surface area contributed by atoms with E-state index in [1.54, 1.807) is 19.2 Å². The van der Waals surface area contributed by atoms with E-state index in [0.717, 1.165) is 12.8 Å². The zero-order valence-corrected chi connectivity index (χ0v) is 14.0. The van der Waals surface area contributed by atoms with E-state index in [1.165, 1.54) is 30.6 Å². The number of benzene rings is 1. The fourth-order valence-electron chi connectivity index (χ4n) is 2.20. The van der Waals surface area contributed by atoms with Crippen molar-refractivity contribution in [2.24, 2.45) is 0 Å². The Labute approximate surface area is 140 Å². The highest BCUT2D eigenvalue weighted by molar-refractivity contribution is 7.89. The quantitative estimate of drug-likeness (QED) is 0.823. The smallest absolute Gasteiger partial charge is 0.251 e. The Hall–Kier alpha value is -2.32. The molecule has 1 fully saturated rings. The van der Waals surface area contributed by atoms with Gasteiger partial charge in [-0.3, -0.25) is 4.79 Å². The maximum atomic E-state index is 12.4. The molecule has 0 aliphatic heterocycles. The Morgan fingerprint density at radius 2 is 1.92 bits per heavy atom. The number of carbonyl (C=O) groups is 1. The molecule has 1 heterocycles. The number of aromatic nitrogens is 2. The first-order chi connectivity index (χ1) is 11.5. The normalized spacial score (nSPS) is 15.7. The van der Waals surface area contributed by atoms with Crippen molar-refractivity contribution in [1.29, 1.82) is 0 Å². The van der Waals surface area contributed by atoms with Crippen molar-refractivity contribution < 1.29 is 13.2 Å². The van der Waals surface area contributed by atoms with Crippen molar-refractivity contribution in [3.8, 4) is 0 Å². The van der Waals surface area contributed by atoms with E-state index in [2.05, 4.69) is 20.0 Å². The van der Waals surface area contributed by atoms with E-state index in [9.17, 15) is 13.2 Å². The number of nitrogens with one attached hydrogen (secondary N) is 2. The molecule has 1 aliphatic carbocycles. The van der Waals surface area contributed by atoms with Crippen molar-refractivity contribution in [2.75, 3.05) is 0 Å². The highest BCUT2D eigenvalue weighted by atomic mass is 32.2. The highest BCUT2D eigenvalue weighted by Gasteiger charge is 2.24. The summed E-state index contributed by atoms with van der Waals surface area (Å²) < 4.78 is 27.4. The number of rotatable bonds is 6. The van der Waals surface area contributed by atoms with Gasteiger partial charge in [0.15, 0.2) is 0 Å². The molecule has 2 aromatic rings. The van der Waals surface area contributed by atoms with E-state index in [1.807, 2.05) is 0 Å². The van der Waals surface area contributed by atoms with E-state index in [0.29, 0.717) is 11.3 Å². The SMILES string of the molecule is C[C@@H](NS(=O)(=O)c1ccc(C(=O)NC2CC2)cc1)c1ccncn1. The average molecular weight is 346 g/mol. The van der Waals surface area contributed by atoms with Crippen molar-refractivity contribution in [3.63, 3.8) is 0 Å². The monoisotopic (exact) mass is 346 g/mol. The van der Waals surface area contributed by atoms with Crippen LogP contribution in [0.3, 0.4) is 0 Å². The molecule has 1 aliphatic rings. The first-order valence-corrected chi connectivity index (χ1v) is 9.13. The van der Waals surface area contributed by atoms with Crippen LogP contribution in [0.1, 0.15) is 41.9 Å². The van der Waals surface area contributed by atoms with Gasteiger partial charge in [0.05, 0.1) is 16.6 Å². The molecule has 1 aromatic heterocycles. The summed E-state index contributed by atoms with van der Waals surface area (Å²) >= 11 is 0. The lowest BCUT2D eigenvalue weighted by atomic mass is 10.2. The molecule has 2 N–H and O–H groups in total. The first kappa shape index (κ1) is 16.5. The first-order valence-electron chi connectivity index (χ1n) is 7.65. The number of nitrogens with zero attached hydrogens (tertiary/aromatic N) is 2. The maximum absolute atomic E-state index is 12.4. The minimum atomic E-state index is -3.70. The largest absolute Gasteiger partial charge is 0.349 e. The summed E-state index contributed by atoms with van der Waals surface area (Å²) in [6.07, 6.45) is 4.93. The molecule has 3 rings (SSSR count). The van der Waals surface area contributed by atoms with Crippen LogP contribution in [0.5, 0.6) is 0 Å². The molecule has 1 aromatic carbocycles. The van der Waals surface area contributed by atoms with Gasteiger partial charge in [-0.15, -0.1) is 0 Å². The van der Waals surface area contributed by atoms with Crippen LogP contribution in [0.2, 0.25) is 0 Å². The second-order valence-corrected chi connectivity index (χ2v) is 7.46. The fraction of sp³-hybridized carbons (Fsp3) is 0.312. The van der Waals surface area contributed by atoms with Gasteiger partial charge in [0, 0.05) is 17.8 Å². The summed E-state index contributed by atoms with van der Waals surface area (Å²) in [6, 6.07) is 7.31. The molecule has 0 radical (unpaired) electrons. The number of sulfonamides is 1. The lowest BCUT2D eigenvalue weighted by Crippen LogP contribution is -2.28. The lowest BCUT2D eigenvalue weighted by Gasteiger charge is -2.13. The molecule has 0 saturated heterocycles. The second kappa shape index (κ2) is 6.66. The number of hydrogen-bond acceptors (Lipinski definition) is 5. The van der Waals surface area contributed by atoms with E-state index < -0.39 is 16.1 Å². The minimum absolute atomic E-state index is 0.103. The summed E-state index contributed by atoms with van der Waals surface area (Å²) in [6.45, 7) is 1.71. The average Bonchev–Trinajstić information content (AvgIpc) is 3.39. The van der Waals surface area contributed by atoms with Crippen molar-refractivity contribution >= 4 is 15.9 Å². The highest BCUT2D eigenvalue weighted by Crippen LogP contribution is 2.20. The maximum Gasteiger partial charge on any atom is 0.251 e. The number of carbonyl (C=O) groups excluding carboxylic acids is 1. The Morgan fingerprint density at radius 1 is 1.21 bits per heavy atom. The molecule has 1 saturated carbocycles. The van der Waals surface area contributed by atoms with Crippen molar-refractivity contribution in [2.45, 2.75) is 36.7 Å². The second-order valence-electron chi connectivity index (χ2n) is 5.75. The zero-order chi connectivity index (χ0) is 17.2. The molecule has 126 valence electrons. The summed E-state index contributed by atoms with van der Waals surface area (Å²) in [5.41, 5.74) is 1.03. The summed E-state index contributed by atoms with van der Waals surface area (Å²) in [5.74, 6) is -0.177. The predicted octanol–water partition coefficient (Wildman–Crippen LogP) is 1.41. The third-order valence-corrected chi connectivity index (χ3v) is 5.28. The Bertz CT molecular complexity index is 818. The van der Waals surface area contributed by atoms with E-state index >= 15 is 0 Å². The van der Waals surface area contributed by atoms with Gasteiger partial charge in [-0.25, -0.2) is 23.1 Å². The summed E-state index contributed by atoms with van der Waals surface area (Å²) in [7, 11) is -3.70. The molecule has 0 spiro atoms. The Kier molecular flexibility index (Phi) is 4.59. The van der Waals surface area contributed by atoms with Gasteiger partial charge >= 0.3 is 0 Å². The topological polar surface area (TPSA) is 101 Å². The molecule has 0 bridgehead atoms. The minimum Gasteiger partial charge on any atom is -0.349 e. The molecule has 24 heavy (non-hydrogen) atoms. The van der Waals surface area contributed by atoms with Crippen LogP contribution in [-0.4, -0.2) is 30.3 Å². The zero-order valence-electron chi connectivity index (χ0n) is 13.1. The van der Waals surface area contributed by atoms with Crippen molar-refractivity contribution in [1.82, 2.24) is 20.0 Å². The van der Waals surface area contributed by atoms with Crippen LogP contribution in [0.4, 0.5) is 0 Å². The van der Waals surface area contributed by atoms with Gasteiger partial charge in [0.1, 0.15) is 6.33 Å². The van der Waals surface area contributed by atoms with Gasteiger partial charge in [-0.1, -0.05) is 0 Å². The Morgan fingerprint density at radius 3 is 2.50 bits per heavy atom. The van der Waals surface area contributed by atoms with Crippen molar-refractivity contribution in [3.05, 3.63) is 54.1 Å². The van der Waals surface area contributed by atoms with Gasteiger partial charge in [0.2, 0.25) is 10.0 Å². The fourth-order valence-corrected chi connectivity index (χ4v) is 3.42. The van der Waals surface area contributed by atoms with Crippen LogP contribution in [0, 0.1) is 0 Å². The molecule has 1 atom stereocenters. The standard InChI is InChI=1S/C16H18N4O3S/c1-11(15-8-9-17-10-18-15)20-24(22,23)14-6-2-12(3-7-14)16(21)19-13-4-5-13/h2-3,6-11,13,20H,4-5H2,1H3,(H,19,21)/t11-/m1/s1. The van der Waals surface area contributed by atoms with Crippen LogP contribution in [-0.2, 0) is 10.0 Å². The van der Waals surface area contributed by atoms with Gasteiger partial charge in [-0.2, -0.15) is 0 Å². The van der Waals surface area contributed by atoms with Crippen LogP contribution < -0.4 is 10.0 Å². The van der Waals surface area contributed by atoms with E-state index in [-0.39, 0.29) is 16.8 Å². The van der Waals surface area contributed by atoms with Gasteiger partial charge in [0.25, 0.3) is 5.91 Å². The van der Waals surface area contributed by atoms with Crippen LogP contribution >= 0.6 is 0 Å². The van der Waals surface area contributed by atoms with Crippen LogP contribution in [0.25, 0.3) is 0 Å². The number of amides is 1.